The van der Waals surface area contributed by atoms with E-state index in [1.807, 2.05) is 33.8 Å². The fraction of sp³-hybridized carbons (Fsp3) is 0.394. The van der Waals surface area contributed by atoms with Crippen molar-refractivity contribution in [1.29, 1.82) is 0 Å². The Bertz CT molecular complexity index is 1900. The first kappa shape index (κ1) is 32.9. The van der Waals surface area contributed by atoms with Gasteiger partial charge < -0.3 is 19.1 Å². The van der Waals surface area contributed by atoms with E-state index in [1.165, 1.54) is 21.6 Å². The molecule has 0 aliphatic carbocycles. The van der Waals surface area contributed by atoms with Gasteiger partial charge in [-0.05, 0) is 89.6 Å². The molecule has 0 unspecified atom stereocenters. The molecule has 4 heterocycles. The molecule has 0 radical (unpaired) electrons. The van der Waals surface area contributed by atoms with Gasteiger partial charge in [-0.15, -0.1) is 0 Å². The molecule has 0 bridgehead atoms. The van der Waals surface area contributed by atoms with Gasteiger partial charge in [0, 0.05) is 27.3 Å². The number of benzene rings is 2. The summed E-state index contributed by atoms with van der Waals surface area (Å²) in [5.41, 5.74) is 1.37. The van der Waals surface area contributed by atoms with Crippen molar-refractivity contribution in [2.24, 2.45) is 0 Å². The number of hydrogen-bond acceptors (Lipinski definition) is 7. The molecule has 248 valence electrons. The molecule has 0 spiro atoms. The van der Waals surface area contributed by atoms with Gasteiger partial charge in [0.2, 0.25) is 5.95 Å². The van der Waals surface area contributed by atoms with Crippen LogP contribution in [-0.4, -0.2) is 61.3 Å². The van der Waals surface area contributed by atoms with Gasteiger partial charge in [-0.1, -0.05) is 15.9 Å². The fourth-order valence-electron chi connectivity index (χ4n) is 5.89. The first-order valence-corrected chi connectivity index (χ1v) is 15.8. The third-order valence-electron chi connectivity index (χ3n) is 8.17. The molecule has 6 rings (SSSR count). The summed E-state index contributed by atoms with van der Waals surface area (Å²) >= 11 is 2.93. The number of rotatable bonds is 6. The Morgan fingerprint density at radius 1 is 1.13 bits per heavy atom. The number of carbonyl (C=O) groups is 1. The van der Waals surface area contributed by atoms with Crippen molar-refractivity contribution in [3.63, 3.8) is 0 Å². The van der Waals surface area contributed by atoms with Crippen LogP contribution in [0, 0.1) is 13.8 Å². The topological polar surface area (TPSA) is 101 Å². The van der Waals surface area contributed by atoms with Gasteiger partial charge in [0.05, 0.1) is 35.8 Å². The van der Waals surface area contributed by atoms with E-state index in [9.17, 15) is 22.8 Å². The van der Waals surface area contributed by atoms with E-state index in [0.29, 0.717) is 41.6 Å². The quantitative estimate of drug-likeness (QED) is 0.244. The number of hydrogen-bond donors (Lipinski definition) is 0. The van der Waals surface area contributed by atoms with E-state index in [1.54, 1.807) is 35.9 Å². The molecule has 1 fully saturated rings. The summed E-state index contributed by atoms with van der Waals surface area (Å²) < 4.78 is 61.0. The molecule has 1 saturated heterocycles. The fourth-order valence-corrected chi connectivity index (χ4v) is 6.36. The highest BCUT2D eigenvalue weighted by molar-refractivity contribution is 9.10. The van der Waals surface area contributed by atoms with E-state index < -0.39 is 29.5 Å². The molecule has 2 aromatic carbocycles. The van der Waals surface area contributed by atoms with Crippen molar-refractivity contribution in [3.05, 3.63) is 97.1 Å². The van der Waals surface area contributed by atoms with Crippen LogP contribution in [0.2, 0.25) is 0 Å². The predicted molar refractivity (Wildman–Crippen MR) is 169 cm³/mol. The van der Waals surface area contributed by atoms with Crippen molar-refractivity contribution in [1.82, 2.24) is 24.2 Å². The summed E-state index contributed by atoms with van der Waals surface area (Å²) in [7, 11) is 0. The molecule has 14 heteroatoms. The number of ether oxygens (including phenoxy) is 3. The number of nitrogens with zero attached hydrogens (tertiary/aromatic N) is 5. The Morgan fingerprint density at radius 3 is 2.47 bits per heavy atom. The molecule has 2 aliphatic rings. The van der Waals surface area contributed by atoms with E-state index in [2.05, 4.69) is 21.0 Å². The number of aromatic nitrogens is 4. The van der Waals surface area contributed by atoms with Crippen LogP contribution < -0.4 is 10.3 Å². The molecule has 2 aromatic heterocycles. The molecule has 2 atom stereocenters. The van der Waals surface area contributed by atoms with Crippen molar-refractivity contribution < 1.29 is 32.2 Å². The number of fused-ring (bicyclic) bond motifs is 1. The van der Waals surface area contributed by atoms with Crippen LogP contribution in [0.25, 0.3) is 11.6 Å². The number of carbonyl (C=O) groups excluding carboxylic acids is 1. The van der Waals surface area contributed by atoms with E-state index in [0.717, 1.165) is 11.8 Å². The Hall–Kier alpha value is -4.01. The molecule has 0 N–H and O–H groups in total. The monoisotopic (exact) mass is 715 g/mol. The van der Waals surface area contributed by atoms with Gasteiger partial charge in [0.1, 0.15) is 18.5 Å². The van der Waals surface area contributed by atoms with Crippen molar-refractivity contribution in [3.8, 4) is 17.4 Å². The highest BCUT2D eigenvalue weighted by Gasteiger charge is 2.37. The molecule has 1 amide bonds. The van der Waals surface area contributed by atoms with Gasteiger partial charge in [-0.25, -0.2) is 14.2 Å². The lowest BCUT2D eigenvalue weighted by Gasteiger charge is -2.34. The lowest BCUT2D eigenvalue weighted by molar-refractivity contribution is -0.141. The number of aryl methyl sites for hydroxylation is 2. The summed E-state index contributed by atoms with van der Waals surface area (Å²) in [6, 6.07) is 11.8. The summed E-state index contributed by atoms with van der Waals surface area (Å²) in [6.45, 7) is 9.77. The summed E-state index contributed by atoms with van der Waals surface area (Å²) in [5.74, 6) is -0.446. The number of amides is 1. The van der Waals surface area contributed by atoms with E-state index in [-0.39, 0.29) is 40.6 Å². The standard InChI is InChI=1S/C33H33BrF3N5O5/c1-18-12-20(3)42(39-18)31-38-28-15-40(29(43)21-6-11-27(34)26(14-21)33(35,36)37)19(2)13-25(28)30(44)41(31)22-7-9-23(10-8-22)45-16-24-17-46-32(4,5)47-24/h6-12,14,19,24H,13,15-17H2,1-5H3/t19-,24-/m1/s1. The highest BCUT2D eigenvalue weighted by Crippen LogP contribution is 2.36. The zero-order valence-corrected chi connectivity index (χ0v) is 28.0. The zero-order chi connectivity index (χ0) is 33.8. The van der Waals surface area contributed by atoms with Crippen LogP contribution >= 0.6 is 15.9 Å². The average Bonchev–Trinajstić information content (AvgIpc) is 3.54. The molecular formula is C33H33BrF3N5O5. The Morgan fingerprint density at radius 2 is 1.85 bits per heavy atom. The first-order valence-electron chi connectivity index (χ1n) is 15.0. The Kier molecular flexibility index (Phi) is 8.56. The van der Waals surface area contributed by atoms with Gasteiger partial charge in [0.25, 0.3) is 11.5 Å². The summed E-state index contributed by atoms with van der Waals surface area (Å²) in [6.07, 6.45) is -4.69. The molecular weight excluding hydrogens is 683 g/mol. The van der Waals surface area contributed by atoms with Crippen molar-refractivity contribution in [2.45, 2.75) is 71.7 Å². The maximum Gasteiger partial charge on any atom is 0.417 e. The van der Waals surface area contributed by atoms with Crippen molar-refractivity contribution in [2.75, 3.05) is 13.2 Å². The minimum absolute atomic E-state index is 0.0638. The minimum Gasteiger partial charge on any atom is -0.491 e. The van der Waals surface area contributed by atoms with Crippen LogP contribution in [0.3, 0.4) is 0 Å². The second-order valence-electron chi connectivity index (χ2n) is 12.3. The minimum atomic E-state index is -4.64. The van der Waals surface area contributed by atoms with Crippen molar-refractivity contribution >= 4 is 21.8 Å². The normalized spacial score (nSPS) is 19.1. The SMILES string of the molecule is Cc1cc(C)n(-c2nc3c(c(=O)n2-c2ccc(OC[C@@H]4COC(C)(C)O4)cc2)C[C@@H](C)N(C(=O)c2ccc(Br)c(C(F)(F)F)c2)C3)n1. The van der Waals surface area contributed by atoms with E-state index >= 15 is 0 Å². The van der Waals surface area contributed by atoms with Crippen LogP contribution in [0.15, 0.2) is 57.8 Å². The number of halogens is 4. The zero-order valence-electron chi connectivity index (χ0n) is 26.4. The van der Waals surface area contributed by atoms with Gasteiger partial charge in [-0.3, -0.25) is 9.59 Å². The summed E-state index contributed by atoms with van der Waals surface area (Å²) in [4.78, 5) is 34.1. The number of alkyl halides is 3. The van der Waals surface area contributed by atoms with Gasteiger partial charge in [0.15, 0.2) is 5.79 Å². The second kappa shape index (κ2) is 12.2. The molecule has 10 nitrogen and oxygen atoms in total. The maximum absolute atomic E-state index is 14.2. The second-order valence-corrected chi connectivity index (χ2v) is 13.1. The molecule has 4 aromatic rings. The third-order valence-corrected chi connectivity index (χ3v) is 8.86. The van der Waals surface area contributed by atoms with Crippen LogP contribution in [-0.2, 0) is 28.6 Å². The highest BCUT2D eigenvalue weighted by atomic mass is 79.9. The lowest BCUT2D eigenvalue weighted by atomic mass is 9.98. The summed E-state index contributed by atoms with van der Waals surface area (Å²) in [5, 5.41) is 4.57. The maximum atomic E-state index is 14.2. The lowest BCUT2D eigenvalue weighted by Crippen LogP contribution is -2.46. The van der Waals surface area contributed by atoms with Gasteiger partial charge >= 0.3 is 6.18 Å². The average molecular weight is 717 g/mol. The Labute approximate surface area is 277 Å². The Balaban J connectivity index is 1.35. The first-order chi connectivity index (χ1) is 22.1. The van der Waals surface area contributed by atoms with E-state index in [4.69, 9.17) is 19.2 Å². The van der Waals surface area contributed by atoms with Crippen LogP contribution in [0.5, 0.6) is 5.75 Å². The third kappa shape index (κ3) is 6.58. The largest absolute Gasteiger partial charge is 0.491 e. The smallest absolute Gasteiger partial charge is 0.417 e. The van der Waals surface area contributed by atoms with Crippen LogP contribution in [0.1, 0.15) is 59.3 Å². The predicted octanol–water partition coefficient (Wildman–Crippen LogP) is 5.93. The molecule has 2 aliphatic heterocycles. The molecule has 47 heavy (non-hydrogen) atoms. The van der Waals surface area contributed by atoms with Crippen LogP contribution in [0.4, 0.5) is 13.2 Å². The molecule has 0 saturated carbocycles. The van der Waals surface area contributed by atoms with Gasteiger partial charge in [-0.2, -0.15) is 18.3 Å².